The van der Waals surface area contributed by atoms with Crippen LogP contribution < -0.4 is 5.32 Å². The summed E-state index contributed by atoms with van der Waals surface area (Å²) in [7, 11) is 0. The number of benzene rings is 1. The quantitative estimate of drug-likeness (QED) is 0.655. The monoisotopic (exact) mass is 482 g/mol. The van der Waals surface area contributed by atoms with Crippen LogP contribution in [0, 0.1) is 12.8 Å². The molecule has 6 nitrogen and oxygen atoms in total. The van der Waals surface area contributed by atoms with Gasteiger partial charge in [0.1, 0.15) is 6.04 Å². The van der Waals surface area contributed by atoms with Crippen LogP contribution in [0.2, 0.25) is 0 Å². The molecule has 2 fully saturated rings. The zero-order valence-electron chi connectivity index (χ0n) is 20.7. The zero-order chi connectivity index (χ0) is 24.1. The lowest BCUT2D eigenvalue weighted by Gasteiger charge is -2.31. The van der Waals surface area contributed by atoms with Crippen molar-refractivity contribution in [1.82, 2.24) is 20.0 Å². The van der Waals surface area contributed by atoms with Gasteiger partial charge in [0.05, 0.1) is 4.88 Å². The first kappa shape index (κ1) is 24.9. The van der Waals surface area contributed by atoms with Crippen LogP contribution in [0.5, 0.6) is 0 Å². The van der Waals surface area contributed by atoms with Gasteiger partial charge in [-0.05, 0) is 54.8 Å². The highest BCUT2D eigenvalue weighted by Gasteiger charge is 2.43. The van der Waals surface area contributed by atoms with Gasteiger partial charge in [0.25, 0.3) is 5.91 Å². The SMILES string of the molecule is Cc1ccccc1CN(CC(C)C)C1CC(C(=O)N2CCCNCC2)N(C(=O)c2cccs2)C1. The Bertz CT molecular complexity index is 953. The lowest BCUT2D eigenvalue weighted by Crippen LogP contribution is -2.48. The maximum Gasteiger partial charge on any atom is 0.264 e. The van der Waals surface area contributed by atoms with Crippen molar-refractivity contribution in [3.8, 4) is 0 Å². The summed E-state index contributed by atoms with van der Waals surface area (Å²) in [5.41, 5.74) is 2.60. The average molecular weight is 483 g/mol. The third kappa shape index (κ3) is 5.88. The van der Waals surface area contributed by atoms with Crippen molar-refractivity contribution < 1.29 is 9.59 Å². The highest BCUT2D eigenvalue weighted by molar-refractivity contribution is 7.12. The van der Waals surface area contributed by atoms with E-state index in [-0.39, 0.29) is 17.9 Å². The van der Waals surface area contributed by atoms with Crippen molar-refractivity contribution in [2.75, 3.05) is 39.3 Å². The highest BCUT2D eigenvalue weighted by Crippen LogP contribution is 2.29. The Morgan fingerprint density at radius 3 is 2.71 bits per heavy atom. The van der Waals surface area contributed by atoms with Crippen molar-refractivity contribution in [3.63, 3.8) is 0 Å². The molecule has 184 valence electrons. The molecule has 2 aromatic rings. The second kappa shape index (κ2) is 11.5. The first-order chi connectivity index (χ1) is 16.4. The predicted molar refractivity (Wildman–Crippen MR) is 138 cm³/mol. The Morgan fingerprint density at radius 2 is 1.97 bits per heavy atom. The van der Waals surface area contributed by atoms with Crippen LogP contribution in [0.15, 0.2) is 41.8 Å². The lowest BCUT2D eigenvalue weighted by molar-refractivity contribution is -0.135. The van der Waals surface area contributed by atoms with Gasteiger partial charge in [0.15, 0.2) is 0 Å². The largest absolute Gasteiger partial charge is 0.340 e. The van der Waals surface area contributed by atoms with Gasteiger partial charge < -0.3 is 15.1 Å². The van der Waals surface area contributed by atoms with E-state index in [1.54, 1.807) is 0 Å². The predicted octanol–water partition coefficient (Wildman–Crippen LogP) is 3.62. The minimum atomic E-state index is -0.399. The number of thiophene rings is 1. The molecule has 4 rings (SSSR count). The van der Waals surface area contributed by atoms with Crippen LogP contribution >= 0.6 is 11.3 Å². The molecule has 1 N–H and O–H groups in total. The molecule has 1 aromatic carbocycles. The van der Waals surface area contributed by atoms with Crippen LogP contribution in [-0.2, 0) is 11.3 Å². The molecule has 2 aliphatic heterocycles. The fourth-order valence-electron chi connectivity index (χ4n) is 5.17. The van der Waals surface area contributed by atoms with Gasteiger partial charge in [0, 0.05) is 45.3 Å². The number of hydrogen-bond donors (Lipinski definition) is 1. The molecule has 2 aliphatic rings. The third-order valence-electron chi connectivity index (χ3n) is 6.96. The van der Waals surface area contributed by atoms with Gasteiger partial charge in [-0.15, -0.1) is 11.3 Å². The second-order valence-electron chi connectivity index (χ2n) is 10.0. The fraction of sp³-hybridized carbons (Fsp3) is 0.556. The summed E-state index contributed by atoms with van der Waals surface area (Å²) >= 11 is 1.46. The average Bonchev–Trinajstić information content (AvgIpc) is 3.43. The molecule has 1 aromatic heterocycles. The maximum absolute atomic E-state index is 13.7. The summed E-state index contributed by atoms with van der Waals surface area (Å²) < 4.78 is 0. The van der Waals surface area contributed by atoms with Gasteiger partial charge in [0.2, 0.25) is 5.91 Å². The molecular formula is C27H38N4O2S. The second-order valence-corrected chi connectivity index (χ2v) is 11.0. The number of carbonyl (C=O) groups excluding carboxylic acids is 2. The first-order valence-electron chi connectivity index (χ1n) is 12.6. The number of hydrogen-bond acceptors (Lipinski definition) is 5. The summed E-state index contributed by atoms with van der Waals surface area (Å²) in [4.78, 5) is 34.3. The highest BCUT2D eigenvalue weighted by atomic mass is 32.1. The molecule has 0 saturated carbocycles. The van der Waals surface area contributed by atoms with E-state index in [1.807, 2.05) is 27.3 Å². The lowest BCUT2D eigenvalue weighted by atomic mass is 10.0. The van der Waals surface area contributed by atoms with E-state index in [0.717, 1.165) is 39.1 Å². The van der Waals surface area contributed by atoms with Crippen LogP contribution in [0.25, 0.3) is 0 Å². The molecule has 34 heavy (non-hydrogen) atoms. The fourth-order valence-corrected chi connectivity index (χ4v) is 5.85. The van der Waals surface area contributed by atoms with E-state index in [1.165, 1.54) is 22.5 Å². The minimum absolute atomic E-state index is 0.0100. The van der Waals surface area contributed by atoms with Crippen molar-refractivity contribution in [2.24, 2.45) is 5.92 Å². The van der Waals surface area contributed by atoms with Crippen molar-refractivity contribution in [1.29, 1.82) is 0 Å². The van der Waals surface area contributed by atoms with E-state index in [0.29, 0.717) is 30.3 Å². The summed E-state index contributed by atoms with van der Waals surface area (Å²) in [6, 6.07) is 12.1. The minimum Gasteiger partial charge on any atom is -0.340 e. The van der Waals surface area contributed by atoms with E-state index in [4.69, 9.17) is 0 Å². The van der Waals surface area contributed by atoms with E-state index < -0.39 is 6.04 Å². The summed E-state index contributed by atoms with van der Waals surface area (Å²) in [6.07, 6.45) is 1.64. The van der Waals surface area contributed by atoms with Gasteiger partial charge in [-0.2, -0.15) is 0 Å². The van der Waals surface area contributed by atoms with Gasteiger partial charge >= 0.3 is 0 Å². The molecule has 3 heterocycles. The van der Waals surface area contributed by atoms with Gasteiger partial charge in [-0.1, -0.05) is 44.2 Å². The van der Waals surface area contributed by atoms with E-state index >= 15 is 0 Å². The molecule has 2 amide bonds. The Labute approximate surface area is 207 Å². The van der Waals surface area contributed by atoms with Crippen molar-refractivity contribution in [2.45, 2.75) is 52.2 Å². The molecular weight excluding hydrogens is 444 g/mol. The number of rotatable bonds is 7. The molecule has 2 atom stereocenters. The van der Waals surface area contributed by atoms with Crippen molar-refractivity contribution in [3.05, 3.63) is 57.8 Å². The number of nitrogens with zero attached hydrogens (tertiary/aromatic N) is 3. The Balaban J connectivity index is 1.59. The van der Waals surface area contributed by atoms with Crippen LogP contribution in [0.3, 0.4) is 0 Å². The molecule has 7 heteroatoms. The smallest absolute Gasteiger partial charge is 0.264 e. The van der Waals surface area contributed by atoms with Crippen molar-refractivity contribution >= 4 is 23.2 Å². The molecule has 2 saturated heterocycles. The Kier molecular flexibility index (Phi) is 8.40. The zero-order valence-corrected chi connectivity index (χ0v) is 21.5. The van der Waals surface area contributed by atoms with Crippen LogP contribution in [0.4, 0.5) is 0 Å². The number of amides is 2. The van der Waals surface area contributed by atoms with Crippen LogP contribution in [-0.4, -0.2) is 77.9 Å². The van der Waals surface area contributed by atoms with E-state index in [2.05, 4.69) is 55.3 Å². The molecule has 0 spiro atoms. The molecule has 0 radical (unpaired) electrons. The number of aryl methyl sites for hydroxylation is 1. The molecule has 0 bridgehead atoms. The Hall–Kier alpha value is -2.22. The maximum atomic E-state index is 13.7. The number of likely N-dealkylation sites (tertiary alicyclic amines) is 1. The third-order valence-corrected chi connectivity index (χ3v) is 7.82. The standard InChI is InChI=1S/C27H38N4O2S/c1-20(2)17-30(18-22-9-5-4-8-21(22)3)23-16-24(26(32)29-13-7-11-28-12-14-29)31(19-23)27(33)25-10-6-15-34-25/h4-6,8-10,15,20,23-24,28H,7,11-14,16-19H2,1-3H3. The molecule has 2 unspecified atom stereocenters. The topological polar surface area (TPSA) is 55.9 Å². The Morgan fingerprint density at radius 1 is 1.15 bits per heavy atom. The summed E-state index contributed by atoms with van der Waals surface area (Å²) in [5, 5.41) is 5.31. The van der Waals surface area contributed by atoms with Crippen LogP contribution in [0.1, 0.15) is 47.5 Å². The normalized spacial score (nSPS) is 21.3. The summed E-state index contributed by atoms with van der Waals surface area (Å²) in [5.74, 6) is 0.595. The number of carbonyl (C=O) groups is 2. The van der Waals surface area contributed by atoms with E-state index in [9.17, 15) is 9.59 Å². The first-order valence-corrected chi connectivity index (χ1v) is 13.4. The van der Waals surface area contributed by atoms with Gasteiger partial charge in [-0.25, -0.2) is 0 Å². The molecule has 0 aliphatic carbocycles. The summed E-state index contributed by atoms with van der Waals surface area (Å²) in [6.45, 7) is 12.2. The number of nitrogens with one attached hydrogen (secondary N) is 1. The van der Waals surface area contributed by atoms with Gasteiger partial charge in [-0.3, -0.25) is 14.5 Å².